The van der Waals surface area contributed by atoms with E-state index >= 15 is 0 Å². The fourth-order valence-corrected chi connectivity index (χ4v) is 3.20. The van der Waals surface area contributed by atoms with Crippen LogP contribution in [0.1, 0.15) is 5.56 Å². The van der Waals surface area contributed by atoms with Crippen LogP contribution in [0.3, 0.4) is 0 Å². The highest BCUT2D eigenvalue weighted by Gasteiger charge is 2.28. The molecule has 0 bridgehead atoms. The predicted molar refractivity (Wildman–Crippen MR) is 92.4 cm³/mol. The van der Waals surface area contributed by atoms with E-state index in [0.717, 1.165) is 34.1 Å². The zero-order chi connectivity index (χ0) is 16.0. The molecule has 3 heteroatoms. The van der Waals surface area contributed by atoms with E-state index in [1.807, 2.05) is 24.3 Å². The van der Waals surface area contributed by atoms with Gasteiger partial charge in [0.15, 0.2) is 17.7 Å². The van der Waals surface area contributed by atoms with Crippen LogP contribution < -0.4 is 14.2 Å². The van der Waals surface area contributed by atoms with Gasteiger partial charge in [-0.2, -0.15) is 0 Å². The van der Waals surface area contributed by atoms with Gasteiger partial charge in [-0.05, 0) is 36.8 Å². The third-order valence-electron chi connectivity index (χ3n) is 4.46. The molecule has 0 amide bonds. The minimum Gasteiger partial charge on any atom is -0.452 e. The smallest absolute Gasteiger partial charge is 0.216 e. The van der Waals surface area contributed by atoms with Crippen LogP contribution in [-0.4, -0.2) is 7.05 Å². The fraction of sp³-hybridized carbons (Fsp3) is 0.150. The normalized spacial score (nSPS) is 12.4. The minimum absolute atomic E-state index is 0.896. The van der Waals surface area contributed by atoms with Crippen LogP contribution >= 0.6 is 0 Å². The number of para-hydroxylation sites is 2. The lowest BCUT2D eigenvalue weighted by Crippen LogP contribution is -2.30. The number of nitrogens with zero attached hydrogens (tertiary/aromatic N) is 2. The number of hydrogen-bond donors (Lipinski definition) is 0. The van der Waals surface area contributed by atoms with Gasteiger partial charge in [-0.15, -0.1) is 0 Å². The van der Waals surface area contributed by atoms with Crippen molar-refractivity contribution in [3.8, 4) is 22.8 Å². The van der Waals surface area contributed by atoms with Crippen LogP contribution in [0.15, 0.2) is 60.8 Å². The first-order chi connectivity index (χ1) is 11.2. The van der Waals surface area contributed by atoms with Gasteiger partial charge in [-0.1, -0.05) is 18.2 Å². The van der Waals surface area contributed by atoms with Gasteiger partial charge in [0.1, 0.15) is 7.05 Å². The number of fused-ring (bicyclic) bond motifs is 2. The van der Waals surface area contributed by atoms with Gasteiger partial charge in [0.2, 0.25) is 5.69 Å². The second-order valence-corrected chi connectivity index (χ2v) is 5.93. The standard InChI is InChI=1S/C20H19N2O/c1-14-11-12-17-20(19(14)16-9-6-7-13-21(16)2)23-18-10-5-4-8-15(18)22(17)3/h4-13H,1-3H3/q+1. The number of anilines is 2. The molecule has 0 unspecified atom stereocenters. The van der Waals surface area contributed by atoms with Crippen molar-refractivity contribution in [2.75, 3.05) is 11.9 Å². The molecule has 0 N–H and O–H groups in total. The number of benzene rings is 2. The first-order valence-corrected chi connectivity index (χ1v) is 7.76. The highest BCUT2D eigenvalue weighted by molar-refractivity contribution is 5.86. The largest absolute Gasteiger partial charge is 0.452 e. The summed E-state index contributed by atoms with van der Waals surface area (Å²) in [7, 11) is 4.15. The van der Waals surface area contributed by atoms with E-state index in [2.05, 4.69) is 67.0 Å². The molecule has 0 aliphatic carbocycles. The summed E-state index contributed by atoms with van der Waals surface area (Å²) in [6, 6.07) is 18.7. The Morgan fingerprint density at radius 2 is 1.70 bits per heavy atom. The molecule has 1 aromatic heterocycles. The second kappa shape index (κ2) is 5.13. The summed E-state index contributed by atoms with van der Waals surface area (Å²) in [5, 5.41) is 0. The Balaban J connectivity index is 1.98. The molecule has 2 heterocycles. The Kier molecular flexibility index (Phi) is 3.08. The monoisotopic (exact) mass is 303 g/mol. The number of hydrogen-bond acceptors (Lipinski definition) is 2. The first-order valence-electron chi connectivity index (χ1n) is 7.76. The summed E-state index contributed by atoms with van der Waals surface area (Å²) >= 11 is 0. The Morgan fingerprint density at radius 1 is 0.913 bits per heavy atom. The molecule has 0 fully saturated rings. The van der Waals surface area contributed by atoms with Gasteiger partial charge in [-0.3, -0.25) is 0 Å². The molecule has 3 nitrogen and oxygen atoms in total. The zero-order valence-corrected chi connectivity index (χ0v) is 13.6. The lowest BCUT2D eigenvalue weighted by atomic mass is 10.0. The van der Waals surface area contributed by atoms with Crippen molar-refractivity contribution in [3.63, 3.8) is 0 Å². The maximum absolute atomic E-state index is 6.31. The van der Waals surface area contributed by atoms with Crippen molar-refractivity contribution in [2.24, 2.45) is 7.05 Å². The third-order valence-corrected chi connectivity index (χ3v) is 4.46. The van der Waals surface area contributed by atoms with Crippen molar-refractivity contribution in [1.82, 2.24) is 0 Å². The summed E-state index contributed by atoms with van der Waals surface area (Å²) in [5.74, 6) is 1.82. The molecule has 0 saturated carbocycles. The maximum atomic E-state index is 6.31. The molecule has 3 aromatic rings. The van der Waals surface area contributed by atoms with Crippen molar-refractivity contribution in [3.05, 3.63) is 66.4 Å². The SMILES string of the molecule is Cc1ccc2c(c1-c1cccc[n+]1C)Oc1ccccc1N2C. The average molecular weight is 303 g/mol. The maximum Gasteiger partial charge on any atom is 0.216 e. The van der Waals surface area contributed by atoms with Gasteiger partial charge in [-0.25, -0.2) is 4.57 Å². The molecule has 4 rings (SSSR count). The van der Waals surface area contributed by atoms with Crippen molar-refractivity contribution < 1.29 is 9.30 Å². The minimum atomic E-state index is 0.896. The Bertz CT molecular complexity index is 902. The van der Waals surface area contributed by atoms with E-state index in [9.17, 15) is 0 Å². The molecule has 0 saturated heterocycles. The molecule has 0 spiro atoms. The topological polar surface area (TPSA) is 16.4 Å². The predicted octanol–water partition coefficient (Wildman–Crippen LogP) is 4.36. The van der Waals surface area contributed by atoms with Gasteiger partial charge >= 0.3 is 0 Å². The summed E-state index contributed by atoms with van der Waals surface area (Å²) < 4.78 is 8.45. The molecular formula is C20H19N2O+. The molecule has 1 aliphatic rings. The first kappa shape index (κ1) is 13.8. The lowest BCUT2D eigenvalue weighted by Gasteiger charge is -2.31. The van der Waals surface area contributed by atoms with Crippen molar-refractivity contribution >= 4 is 11.4 Å². The molecular weight excluding hydrogens is 284 g/mol. The number of rotatable bonds is 1. The fourth-order valence-electron chi connectivity index (χ4n) is 3.20. The highest BCUT2D eigenvalue weighted by atomic mass is 16.5. The van der Waals surface area contributed by atoms with E-state index in [0.29, 0.717) is 0 Å². The quantitative estimate of drug-likeness (QED) is 0.621. The van der Waals surface area contributed by atoms with Crippen LogP contribution in [0.4, 0.5) is 11.4 Å². The van der Waals surface area contributed by atoms with Gasteiger partial charge < -0.3 is 9.64 Å². The van der Waals surface area contributed by atoms with Crippen LogP contribution in [0.2, 0.25) is 0 Å². The third kappa shape index (κ3) is 2.08. The summed E-state index contributed by atoms with van der Waals surface area (Å²) in [6.45, 7) is 2.13. The molecule has 0 radical (unpaired) electrons. The molecule has 23 heavy (non-hydrogen) atoms. The lowest BCUT2D eigenvalue weighted by molar-refractivity contribution is -0.660. The van der Waals surface area contributed by atoms with E-state index in [4.69, 9.17) is 4.74 Å². The highest BCUT2D eigenvalue weighted by Crippen LogP contribution is 2.50. The number of aryl methyl sites for hydroxylation is 2. The van der Waals surface area contributed by atoms with Gasteiger partial charge in [0.25, 0.3) is 0 Å². The van der Waals surface area contributed by atoms with Crippen LogP contribution in [0, 0.1) is 6.92 Å². The van der Waals surface area contributed by atoms with Crippen LogP contribution in [0.5, 0.6) is 11.5 Å². The van der Waals surface area contributed by atoms with E-state index in [1.54, 1.807) is 0 Å². The number of aromatic nitrogens is 1. The van der Waals surface area contributed by atoms with Crippen LogP contribution in [0.25, 0.3) is 11.3 Å². The molecule has 1 aliphatic heterocycles. The van der Waals surface area contributed by atoms with Crippen molar-refractivity contribution in [2.45, 2.75) is 6.92 Å². The Labute approximate surface area is 136 Å². The number of pyridine rings is 1. The van der Waals surface area contributed by atoms with E-state index in [-0.39, 0.29) is 0 Å². The second-order valence-electron chi connectivity index (χ2n) is 5.93. The Morgan fingerprint density at radius 3 is 2.52 bits per heavy atom. The van der Waals surface area contributed by atoms with Gasteiger partial charge in [0.05, 0.1) is 16.9 Å². The summed E-state index contributed by atoms with van der Waals surface area (Å²) in [6.07, 6.45) is 2.06. The molecule has 2 aromatic carbocycles. The number of ether oxygens (including phenoxy) is 1. The molecule has 114 valence electrons. The van der Waals surface area contributed by atoms with Gasteiger partial charge in [0, 0.05) is 19.2 Å². The summed E-state index contributed by atoms with van der Waals surface area (Å²) in [5.41, 5.74) is 5.68. The molecule has 0 atom stereocenters. The van der Waals surface area contributed by atoms with E-state index in [1.165, 1.54) is 5.56 Å². The summed E-state index contributed by atoms with van der Waals surface area (Å²) in [4.78, 5) is 2.19. The Hall–Kier alpha value is -2.81. The van der Waals surface area contributed by atoms with Crippen LogP contribution in [-0.2, 0) is 7.05 Å². The zero-order valence-electron chi connectivity index (χ0n) is 13.6. The van der Waals surface area contributed by atoms with E-state index < -0.39 is 0 Å². The van der Waals surface area contributed by atoms with Crippen molar-refractivity contribution in [1.29, 1.82) is 0 Å². The average Bonchev–Trinajstić information content (AvgIpc) is 2.56.